The van der Waals surface area contributed by atoms with E-state index in [4.69, 9.17) is 16.3 Å². The number of aromatic amines is 1. The Bertz CT molecular complexity index is 679. The lowest BCUT2D eigenvalue weighted by molar-refractivity contribution is -0.167. The molecule has 5 nitrogen and oxygen atoms in total. The SMILES string of the molecule is CN(CCc1nc2ccc(Cl)cc2[nH]1)C(=O)C1(C)COC1. The van der Waals surface area contributed by atoms with E-state index in [2.05, 4.69) is 9.97 Å². The molecule has 2 heterocycles. The summed E-state index contributed by atoms with van der Waals surface area (Å²) in [5.74, 6) is 0.995. The van der Waals surface area contributed by atoms with Gasteiger partial charge in [-0.05, 0) is 25.1 Å². The van der Waals surface area contributed by atoms with Gasteiger partial charge in [0.2, 0.25) is 5.91 Å². The van der Waals surface area contributed by atoms with Crippen LogP contribution >= 0.6 is 11.6 Å². The van der Waals surface area contributed by atoms with E-state index < -0.39 is 0 Å². The van der Waals surface area contributed by atoms with Crippen LogP contribution in [0.2, 0.25) is 5.02 Å². The van der Waals surface area contributed by atoms with Crippen molar-refractivity contribution in [3.05, 3.63) is 29.0 Å². The zero-order valence-corrected chi connectivity index (χ0v) is 12.9. The number of aromatic nitrogens is 2. The zero-order valence-electron chi connectivity index (χ0n) is 12.1. The third kappa shape index (κ3) is 2.76. The highest BCUT2D eigenvalue weighted by molar-refractivity contribution is 6.31. The Morgan fingerprint density at radius 1 is 1.52 bits per heavy atom. The van der Waals surface area contributed by atoms with Gasteiger partial charge in [-0.3, -0.25) is 4.79 Å². The first-order valence-electron chi connectivity index (χ1n) is 6.95. The highest BCUT2D eigenvalue weighted by Gasteiger charge is 2.42. The van der Waals surface area contributed by atoms with Crippen molar-refractivity contribution < 1.29 is 9.53 Å². The standard InChI is InChI=1S/C15H18ClN3O2/c1-15(8-21-9-15)14(20)19(2)6-5-13-17-11-4-3-10(16)7-12(11)18-13/h3-4,7H,5-6,8-9H2,1-2H3,(H,17,18). The summed E-state index contributed by atoms with van der Waals surface area (Å²) in [5.41, 5.74) is 1.46. The van der Waals surface area contributed by atoms with Crippen LogP contribution in [-0.2, 0) is 16.0 Å². The second-order valence-electron chi connectivity index (χ2n) is 5.88. The fourth-order valence-corrected chi connectivity index (χ4v) is 2.69. The Morgan fingerprint density at radius 3 is 2.95 bits per heavy atom. The van der Waals surface area contributed by atoms with Crippen molar-refractivity contribution in [3.63, 3.8) is 0 Å². The minimum absolute atomic E-state index is 0.132. The average molecular weight is 308 g/mol. The Hall–Kier alpha value is -1.59. The fraction of sp³-hybridized carbons (Fsp3) is 0.467. The van der Waals surface area contributed by atoms with E-state index in [9.17, 15) is 4.79 Å². The molecule has 1 saturated heterocycles. The lowest BCUT2D eigenvalue weighted by Gasteiger charge is -2.39. The number of hydrogen-bond acceptors (Lipinski definition) is 3. The molecule has 1 aliphatic heterocycles. The van der Waals surface area contributed by atoms with E-state index in [1.165, 1.54) is 0 Å². The summed E-state index contributed by atoms with van der Waals surface area (Å²) < 4.78 is 5.14. The van der Waals surface area contributed by atoms with Gasteiger partial charge < -0.3 is 14.6 Å². The summed E-state index contributed by atoms with van der Waals surface area (Å²) in [5, 5.41) is 0.683. The van der Waals surface area contributed by atoms with Crippen LogP contribution in [0.5, 0.6) is 0 Å². The first-order valence-corrected chi connectivity index (χ1v) is 7.33. The zero-order chi connectivity index (χ0) is 15.0. The smallest absolute Gasteiger partial charge is 0.232 e. The molecule has 1 aliphatic rings. The number of carbonyl (C=O) groups excluding carboxylic acids is 1. The maximum absolute atomic E-state index is 12.3. The molecule has 1 aromatic heterocycles. The van der Waals surface area contributed by atoms with E-state index in [1.54, 1.807) is 4.90 Å². The summed E-state index contributed by atoms with van der Waals surface area (Å²) in [4.78, 5) is 21.8. The molecule has 3 rings (SSSR count). The highest BCUT2D eigenvalue weighted by atomic mass is 35.5. The number of carbonyl (C=O) groups is 1. The van der Waals surface area contributed by atoms with Gasteiger partial charge >= 0.3 is 0 Å². The number of likely N-dealkylation sites (N-methyl/N-ethyl adjacent to an activating group) is 1. The van der Waals surface area contributed by atoms with Crippen LogP contribution in [0.25, 0.3) is 11.0 Å². The van der Waals surface area contributed by atoms with Gasteiger partial charge in [0.25, 0.3) is 0 Å². The van der Waals surface area contributed by atoms with Crippen molar-refractivity contribution in [1.29, 1.82) is 0 Å². The number of benzene rings is 1. The number of H-pyrrole nitrogens is 1. The molecule has 0 spiro atoms. The number of imidazole rings is 1. The third-order valence-electron chi connectivity index (χ3n) is 3.88. The molecule has 2 aromatic rings. The highest BCUT2D eigenvalue weighted by Crippen LogP contribution is 2.28. The second-order valence-corrected chi connectivity index (χ2v) is 6.31. The van der Waals surface area contributed by atoms with Crippen LogP contribution in [0.1, 0.15) is 12.7 Å². The molecular weight excluding hydrogens is 290 g/mol. The molecule has 0 bridgehead atoms. The summed E-state index contributed by atoms with van der Waals surface area (Å²) in [6, 6.07) is 5.57. The van der Waals surface area contributed by atoms with Crippen LogP contribution < -0.4 is 0 Å². The van der Waals surface area contributed by atoms with Gasteiger partial charge in [0, 0.05) is 25.0 Å². The quantitative estimate of drug-likeness (QED) is 0.942. The number of nitrogens with zero attached hydrogens (tertiary/aromatic N) is 2. The minimum atomic E-state index is -0.351. The number of amides is 1. The van der Waals surface area contributed by atoms with Crippen LogP contribution in [0.15, 0.2) is 18.2 Å². The monoisotopic (exact) mass is 307 g/mol. The minimum Gasteiger partial charge on any atom is -0.379 e. The summed E-state index contributed by atoms with van der Waals surface area (Å²) >= 11 is 5.96. The van der Waals surface area contributed by atoms with Gasteiger partial charge in [0.15, 0.2) is 0 Å². The van der Waals surface area contributed by atoms with Gasteiger partial charge in [-0.1, -0.05) is 11.6 Å². The van der Waals surface area contributed by atoms with Crippen molar-refractivity contribution >= 4 is 28.5 Å². The molecule has 6 heteroatoms. The van der Waals surface area contributed by atoms with Gasteiger partial charge in [-0.2, -0.15) is 0 Å². The average Bonchev–Trinajstić information content (AvgIpc) is 2.83. The third-order valence-corrected chi connectivity index (χ3v) is 4.12. The van der Waals surface area contributed by atoms with Crippen molar-refractivity contribution in [3.8, 4) is 0 Å². The molecule has 0 radical (unpaired) electrons. The van der Waals surface area contributed by atoms with Crippen LogP contribution in [0.3, 0.4) is 0 Å². The number of nitrogens with one attached hydrogen (secondary N) is 1. The summed E-state index contributed by atoms with van der Waals surface area (Å²) in [6.07, 6.45) is 0.686. The van der Waals surface area contributed by atoms with E-state index >= 15 is 0 Å². The molecule has 1 fully saturated rings. The van der Waals surface area contributed by atoms with Gasteiger partial charge in [-0.15, -0.1) is 0 Å². The molecule has 1 amide bonds. The first-order chi connectivity index (χ1) is 9.98. The topological polar surface area (TPSA) is 58.2 Å². The Kier molecular flexibility index (Phi) is 3.63. The van der Waals surface area contributed by atoms with Gasteiger partial charge in [0.1, 0.15) is 5.82 Å². The number of hydrogen-bond donors (Lipinski definition) is 1. The number of rotatable bonds is 4. The molecule has 0 saturated carbocycles. The summed E-state index contributed by atoms with van der Waals surface area (Å²) in [6.45, 7) is 3.60. The van der Waals surface area contributed by atoms with Gasteiger partial charge in [-0.25, -0.2) is 4.98 Å². The predicted molar refractivity (Wildman–Crippen MR) is 81.4 cm³/mol. The largest absolute Gasteiger partial charge is 0.379 e. The summed E-state index contributed by atoms with van der Waals surface area (Å²) in [7, 11) is 1.82. The van der Waals surface area contributed by atoms with Crippen molar-refractivity contribution in [2.45, 2.75) is 13.3 Å². The van der Waals surface area contributed by atoms with Crippen molar-refractivity contribution in [2.24, 2.45) is 5.41 Å². The van der Waals surface area contributed by atoms with E-state index in [1.807, 2.05) is 32.2 Å². The molecule has 112 valence electrons. The van der Waals surface area contributed by atoms with Crippen molar-refractivity contribution in [1.82, 2.24) is 14.9 Å². The van der Waals surface area contributed by atoms with Crippen LogP contribution in [0.4, 0.5) is 0 Å². The number of fused-ring (bicyclic) bond motifs is 1. The molecule has 1 N–H and O–H groups in total. The molecule has 0 aliphatic carbocycles. The molecule has 1 aromatic carbocycles. The lowest BCUT2D eigenvalue weighted by Crippen LogP contribution is -2.52. The molecule has 0 unspecified atom stereocenters. The Balaban J connectivity index is 1.64. The lowest BCUT2D eigenvalue weighted by atomic mass is 9.87. The normalized spacial score (nSPS) is 16.7. The van der Waals surface area contributed by atoms with E-state index in [-0.39, 0.29) is 11.3 Å². The first kappa shape index (κ1) is 14.4. The fourth-order valence-electron chi connectivity index (χ4n) is 2.52. The number of ether oxygens (including phenoxy) is 1. The molecule has 21 heavy (non-hydrogen) atoms. The second kappa shape index (κ2) is 5.31. The van der Waals surface area contributed by atoms with Crippen LogP contribution in [-0.4, -0.2) is 47.6 Å². The maximum Gasteiger partial charge on any atom is 0.232 e. The molecule has 0 atom stereocenters. The molecular formula is C15H18ClN3O2. The predicted octanol–water partition coefficient (Wildman–Crippen LogP) is 2.25. The van der Waals surface area contributed by atoms with E-state index in [0.717, 1.165) is 16.9 Å². The number of halogens is 1. The Labute approximate surface area is 128 Å². The van der Waals surface area contributed by atoms with Crippen molar-refractivity contribution in [2.75, 3.05) is 26.8 Å². The van der Waals surface area contributed by atoms with E-state index in [0.29, 0.717) is 31.2 Å². The maximum atomic E-state index is 12.3. The Morgan fingerprint density at radius 2 is 2.29 bits per heavy atom. The van der Waals surface area contributed by atoms with Gasteiger partial charge in [0.05, 0.1) is 29.7 Å². The van der Waals surface area contributed by atoms with Crippen LogP contribution in [0, 0.1) is 5.41 Å².